The summed E-state index contributed by atoms with van der Waals surface area (Å²) in [5.41, 5.74) is 1.73. The predicted octanol–water partition coefficient (Wildman–Crippen LogP) is 1.01. The molecule has 17 heavy (non-hydrogen) atoms. The van der Waals surface area contributed by atoms with Gasteiger partial charge in [0.25, 0.3) is 0 Å². The van der Waals surface area contributed by atoms with Gasteiger partial charge in [-0.1, -0.05) is 12.1 Å². The van der Waals surface area contributed by atoms with Gasteiger partial charge in [-0.05, 0) is 12.1 Å². The smallest absolute Gasteiger partial charge is 0.307 e. The summed E-state index contributed by atoms with van der Waals surface area (Å²) in [6.07, 6.45) is 0.276. The highest BCUT2D eigenvalue weighted by molar-refractivity contribution is 6.01. The maximum atomic E-state index is 11.5. The quantitative estimate of drug-likeness (QED) is 0.793. The Morgan fingerprint density at radius 3 is 3.00 bits per heavy atom. The second kappa shape index (κ2) is 4.86. The van der Waals surface area contributed by atoms with E-state index in [1.165, 1.54) is 7.11 Å². The Morgan fingerprint density at radius 2 is 2.24 bits per heavy atom. The topological polar surface area (TPSA) is 58.6 Å². The van der Waals surface area contributed by atoms with E-state index in [1.54, 1.807) is 0 Å². The van der Waals surface area contributed by atoms with Gasteiger partial charge in [0, 0.05) is 6.54 Å². The maximum absolute atomic E-state index is 11.5. The Labute approximate surface area is 99.4 Å². The summed E-state index contributed by atoms with van der Waals surface area (Å²) in [6.45, 7) is 0.755. The van der Waals surface area contributed by atoms with E-state index >= 15 is 0 Å². The second-order valence-corrected chi connectivity index (χ2v) is 3.81. The lowest BCUT2D eigenvalue weighted by molar-refractivity contribution is -0.140. The minimum absolute atomic E-state index is 0.0615. The minimum Gasteiger partial charge on any atom is -0.469 e. The minimum atomic E-state index is -0.270. The van der Waals surface area contributed by atoms with E-state index in [-0.39, 0.29) is 24.8 Å². The first kappa shape index (κ1) is 11.4. The van der Waals surface area contributed by atoms with Crippen LogP contribution in [0, 0.1) is 0 Å². The molecule has 0 atom stereocenters. The van der Waals surface area contributed by atoms with E-state index in [0.717, 1.165) is 11.4 Å². The number of carbonyl (C=O) groups excluding carboxylic acids is 2. The standard InChI is InChI=1S/C12H14N2O3/c1-17-12(16)6-7-14-8-11(15)13-9-4-2-3-5-10(9)14/h2-5H,6-8H2,1H3,(H,13,15). The van der Waals surface area contributed by atoms with Crippen molar-refractivity contribution in [1.82, 2.24) is 0 Å². The summed E-state index contributed by atoms with van der Waals surface area (Å²) < 4.78 is 4.59. The number of esters is 1. The van der Waals surface area contributed by atoms with Crippen molar-refractivity contribution in [3.05, 3.63) is 24.3 Å². The number of carbonyl (C=O) groups is 2. The van der Waals surface area contributed by atoms with Gasteiger partial charge in [-0.3, -0.25) is 9.59 Å². The summed E-state index contributed by atoms with van der Waals surface area (Å²) >= 11 is 0. The zero-order chi connectivity index (χ0) is 12.3. The number of methoxy groups -OCH3 is 1. The van der Waals surface area contributed by atoms with Gasteiger partial charge in [-0.25, -0.2) is 0 Å². The lowest BCUT2D eigenvalue weighted by atomic mass is 10.2. The third-order valence-corrected chi connectivity index (χ3v) is 2.67. The molecule has 5 heteroatoms. The number of ether oxygens (including phenoxy) is 1. The highest BCUT2D eigenvalue weighted by Gasteiger charge is 2.21. The number of hydrogen-bond donors (Lipinski definition) is 1. The second-order valence-electron chi connectivity index (χ2n) is 3.81. The van der Waals surface area contributed by atoms with Crippen LogP contribution in [0.5, 0.6) is 0 Å². The highest BCUT2D eigenvalue weighted by Crippen LogP contribution is 2.28. The molecular formula is C12H14N2O3. The molecule has 1 aliphatic rings. The number of anilines is 2. The normalized spacial score (nSPS) is 13.9. The molecule has 0 saturated heterocycles. The van der Waals surface area contributed by atoms with Crippen LogP contribution < -0.4 is 10.2 Å². The fourth-order valence-electron chi connectivity index (χ4n) is 1.83. The van der Waals surface area contributed by atoms with Gasteiger partial charge in [0.05, 0.1) is 31.5 Å². The van der Waals surface area contributed by atoms with Gasteiger partial charge in [0.2, 0.25) is 5.91 Å². The number of para-hydroxylation sites is 2. The summed E-state index contributed by atoms with van der Waals surface area (Å²) in [6, 6.07) is 7.54. The molecule has 1 heterocycles. The Balaban J connectivity index is 2.12. The van der Waals surface area contributed by atoms with Crippen LogP contribution in [0.3, 0.4) is 0 Å². The molecule has 0 saturated carbocycles. The third kappa shape index (κ3) is 2.55. The summed E-state index contributed by atoms with van der Waals surface area (Å²) in [7, 11) is 1.36. The molecule has 0 aliphatic carbocycles. The van der Waals surface area contributed by atoms with E-state index in [4.69, 9.17) is 0 Å². The number of amides is 1. The zero-order valence-electron chi connectivity index (χ0n) is 9.60. The number of nitrogens with zero attached hydrogens (tertiary/aromatic N) is 1. The van der Waals surface area contributed by atoms with Crippen LogP contribution in [-0.4, -0.2) is 32.1 Å². The first-order valence-electron chi connectivity index (χ1n) is 5.41. The number of fused-ring (bicyclic) bond motifs is 1. The molecular weight excluding hydrogens is 220 g/mol. The fraction of sp³-hybridized carbons (Fsp3) is 0.333. The molecule has 1 aromatic rings. The van der Waals surface area contributed by atoms with Crippen LogP contribution in [-0.2, 0) is 14.3 Å². The van der Waals surface area contributed by atoms with Crippen molar-refractivity contribution < 1.29 is 14.3 Å². The average molecular weight is 234 g/mol. The molecule has 1 amide bonds. The molecule has 0 bridgehead atoms. The Morgan fingerprint density at radius 1 is 1.47 bits per heavy atom. The van der Waals surface area contributed by atoms with Crippen LogP contribution in [0.1, 0.15) is 6.42 Å². The van der Waals surface area contributed by atoms with E-state index in [0.29, 0.717) is 6.54 Å². The number of hydrogen-bond acceptors (Lipinski definition) is 4. The first-order valence-corrected chi connectivity index (χ1v) is 5.41. The average Bonchev–Trinajstić information content (AvgIpc) is 2.35. The van der Waals surface area contributed by atoms with Crippen LogP contribution in [0.2, 0.25) is 0 Å². The van der Waals surface area contributed by atoms with Gasteiger partial charge >= 0.3 is 5.97 Å². The Bertz CT molecular complexity index is 445. The van der Waals surface area contributed by atoms with Gasteiger partial charge in [0.15, 0.2) is 0 Å². The van der Waals surface area contributed by atoms with Crippen molar-refractivity contribution in [3.63, 3.8) is 0 Å². The Hall–Kier alpha value is -2.04. The molecule has 5 nitrogen and oxygen atoms in total. The molecule has 0 spiro atoms. The molecule has 0 aromatic heterocycles. The highest BCUT2D eigenvalue weighted by atomic mass is 16.5. The van der Waals surface area contributed by atoms with E-state index in [1.807, 2.05) is 29.2 Å². The molecule has 1 aliphatic heterocycles. The molecule has 0 unspecified atom stereocenters. The third-order valence-electron chi connectivity index (χ3n) is 2.67. The SMILES string of the molecule is COC(=O)CCN1CC(=O)Nc2ccccc21. The lowest BCUT2D eigenvalue weighted by Gasteiger charge is -2.30. The van der Waals surface area contributed by atoms with Crippen LogP contribution in [0.4, 0.5) is 11.4 Å². The molecule has 1 N–H and O–H groups in total. The zero-order valence-corrected chi connectivity index (χ0v) is 9.60. The van der Waals surface area contributed by atoms with Crippen molar-refractivity contribution in [2.75, 3.05) is 30.4 Å². The van der Waals surface area contributed by atoms with Gasteiger partial charge < -0.3 is 15.0 Å². The van der Waals surface area contributed by atoms with Crippen molar-refractivity contribution in [1.29, 1.82) is 0 Å². The molecule has 0 fully saturated rings. The summed E-state index contributed by atoms with van der Waals surface area (Å²) in [5.74, 6) is -0.331. The van der Waals surface area contributed by atoms with Crippen molar-refractivity contribution in [3.8, 4) is 0 Å². The maximum Gasteiger partial charge on any atom is 0.307 e. The van der Waals surface area contributed by atoms with E-state index in [9.17, 15) is 9.59 Å². The Kier molecular flexibility index (Phi) is 3.27. The van der Waals surface area contributed by atoms with Gasteiger partial charge in [-0.2, -0.15) is 0 Å². The van der Waals surface area contributed by atoms with Crippen molar-refractivity contribution >= 4 is 23.3 Å². The number of nitrogens with one attached hydrogen (secondary N) is 1. The van der Waals surface area contributed by atoms with Gasteiger partial charge in [0.1, 0.15) is 0 Å². The van der Waals surface area contributed by atoms with Crippen molar-refractivity contribution in [2.24, 2.45) is 0 Å². The van der Waals surface area contributed by atoms with Crippen LogP contribution in [0.15, 0.2) is 24.3 Å². The predicted molar refractivity (Wildman–Crippen MR) is 63.9 cm³/mol. The number of rotatable bonds is 3. The summed E-state index contributed by atoms with van der Waals surface area (Å²) in [5, 5.41) is 2.79. The summed E-state index contributed by atoms with van der Waals surface area (Å²) in [4.78, 5) is 24.5. The monoisotopic (exact) mass is 234 g/mol. The molecule has 90 valence electrons. The van der Waals surface area contributed by atoms with Crippen molar-refractivity contribution in [2.45, 2.75) is 6.42 Å². The molecule has 1 aromatic carbocycles. The van der Waals surface area contributed by atoms with E-state index < -0.39 is 0 Å². The first-order chi connectivity index (χ1) is 8.20. The molecule has 0 radical (unpaired) electrons. The van der Waals surface area contributed by atoms with Gasteiger partial charge in [-0.15, -0.1) is 0 Å². The largest absolute Gasteiger partial charge is 0.469 e. The fourth-order valence-corrected chi connectivity index (χ4v) is 1.83. The van der Waals surface area contributed by atoms with Crippen LogP contribution in [0.25, 0.3) is 0 Å². The number of benzene rings is 1. The van der Waals surface area contributed by atoms with E-state index in [2.05, 4.69) is 10.1 Å². The van der Waals surface area contributed by atoms with Crippen LogP contribution >= 0.6 is 0 Å². The lowest BCUT2D eigenvalue weighted by Crippen LogP contribution is -2.39. The molecule has 2 rings (SSSR count).